The average Bonchev–Trinajstić information content (AvgIpc) is 2.30. The van der Waals surface area contributed by atoms with E-state index in [0.717, 1.165) is 26.2 Å². The molecule has 1 saturated heterocycles. The van der Waals surface area contributed by atoms with Gasteiger partial charge >= 0.3 is 0 Å². The molecule has 0 radical (unpaired) electrons. The molecule has 0 unspecified atom stereocenters. The van der Waals surface area contributed by atoms with Crippen LogP contribution in [0.15, 0.2) is 18.2 Å². The highest BCUT2D eigenvalue weighted by Crippen LogP contribution is 2.21. The molecule has 0 bridgehead atoms. The summed E-state index contributed by atoms with van der Waals surface area (Å²) in [5.74, 6) is 0.0496. The molecule has 5 heteroatoms. The lowest BCUT2D eigenvalue weighted by Gasteiger charge is -2.26. The number of benzene rings is 1. The van der Waals surface area contributed by atoms with Crippen molar-refractivity contribution in [1.29, 1.82) is 0 Å². The van der Waals surface area contributed by atoms with E-state index >= 15 is 0 Å². The summed E-state index contributed by atoms with van der Waals surface area (Å²) < 4.78 is 0. The first-order chi connectivity index (χ1) is 8.16. The number of Topliss-reactive ketones (excluding diaryl/α,β-unsaturated/α-hetero) is 1. The molecule has 1 heterocycles. The fourth-order valence-corrected chi connectivity index (χ4v) is 2.39. The van der Waals surface area contributed by atoms with Crippen molar-refractivity contribution in [1.82, 2.24) is 10.2 Å². The minimum atomic E-state index is 0.0496. The second-order valence-corrected chi connectivity index (χ2v) is 4.92. The Bertz CT molecular complexity index is 417. The topological polar surface area (TPSA) is 32.3 Å². The van der Waals surface area contributed by atoms with E-state index in [-0.39, 0.29) is 5.78 Å². The van der Waals surface area contributed by atoms with Gasteiger partial charge in [-0.05, 0) is 18.2 Å². The number of nitrogens with one attached hydrogen (secondary N) is 1. The standard InChI is InChI=1S/C12H14Cl2N2O/c13-9-1-2-10(11(14)7-9)12(17)8-16-5-3-15-4-6-16/h1-2,7,15H,3-6,8H2. The predicted molar refractivity (Wildman–Crippen MR) is 70.1 cm³/mol. The Morgan fingerprint density at radius 2 is 2.00 bits per heavy atom. The zero-order valence-corrected chi connectivity index (χ0v) is 10.9. The van der Waals surface area contributed by atoms with Crippen molar-refractivity contribution in [2.24, 2.45) is 0 Å². The Hall–Kier alpha value is -0.610. The van der Waals surface area contributed by atoms with Crippen molar-refractivity contribution in [3.63, 3.8) is 0 Å². The number of halogens is 2. The fourth-order valence-electron chi connectivity index (χ4n) is 1.87. The zero-order chi connectivity index (χ0) is 12.3. The lowest BCUT2D eigenvalue weighted by molar-refractivity contribution is 0.0921. The van der Waals surface area contributed by atoms with Crippen LogP contribution in [0.3, 0.4) is 0 Å². The van der Waals surface area contributed by atoms with Gasteiger partial charge in [-0.15, -0.1) is 0 Å². The van der Waals surface area contributed by atoms with Crippen molar-refractivity contribution in [2.75, 3.05) is 32.7 Å². The van der Waals surface area contributed by atoms with Gasteiger partial charge < -0.3 is 5.32 Å². The molecule has 0 aliphatic carbocycles. The number of nitrogens with zero attached hydrogens (tertiary/aromatic N) is 1. The Balaban J connectivity index is 2.03. The van der Waals surface area contributed by atoms with Crippen LogP contribution in [-0.2, 0) is 0 Å². The van der Waals surface area contributed by atoms with Crippen molar-refractivity contribution in [2.45, 2.75) is 0 Å². The molecule has 0 atom stereocenters. The SMILES string of the molecule is O=C(CN1CCNCC1)c1ccc(Cl)cc1Cl. The third kappa shape index (κ3) is 3.42. The maximum atomic E-state index is 12.1. The largest absolute Gasteiger partial charge is 0.314 e. The van der Waals surface area contributed by atoms with E-state index in [1.807, 2.05) is 0 Å². The molecule has 0 saturated carbocycles. The Morgan fingerprint density at radius 3 is 2.65 bits per heavy atom. The fraction of sp³-hybridized carbons (Fsp3) is 0.417. The lowest BCUT2D eigenvalue weighted by Crippen LogP contribution is -2.45. The molecule has 2 rings (SSSR count). The Labute approximate surface area is 111 Å². The highest BCUT2D eigenvalue weighted by Gasteiger charge is 2.16. The van der Waals surface area contributed by atoms with Crippen LogP contribution in [0.4, 0.5) is 0 Å². The number of piperazine rings is 1. The smallest absolute Gasteiger partial charge is 0.178 e. The molecule has 1 fully saturated rings. The molecule has 1 aliphatic heterocycles. The maximum Gasteiger partial charge on any atom is 0.178 e. The van der Waals surface area contributed by atoms with Crippen molar-refractivity contribution in [3.05, 3.63) is 33.8 Å². The molecule has 1 aliphatic rings. The van der Waals surface area contributed by atoms with Gasteiger partial charge in [0.25, 0.3) is 0 Å². The second kappa shape index (κ2) is 5.83. The molecule has 1 aromatic rings. The van der Waals surface area contributed by atoms with Crippen molar-refractivity contribution < 1.29 is 4.79 Å². The molecule has 1 aromatic carbocycles. The van der Waals surface area contributed by atoms with E-state index in [9.17, 15) is 4.79 Å². The van der Waals surface area contributed by atoms with Crippen molar-refractivity contribution >= 4 is 29.0 Å². The van der Waals surface area contributed by atoms with E-state index in [0.29, 0.717) is 22.2 Å². The third-order valence-electron chi connectivity index (χ3n) is 2.81. The summed E-state index contributed by atoms with van der Waals surface area (Å²) >= 11 is 11.8. The average molecular weight is 273 g/mol. The summed E-state index contributed by atoms with van der Waals surface area (Å²) in [5, 5.41) is 4.23. The highest BCUT2D eigenvalue weighted by atomic mass is 35.5. The molecule has 3 nitrogen and oxygen atoms in total. The van der Waals surface area contributed by atoms with Gasteiger partial charge in [0.1, 0.15) is 0 Å². The van der Waals surface area contributed by atoms with Gasteiger partial charge in [0, 0.05) is 36.8 Å². The first-order valence-corrected chi connectivity index (χ1v) is 6.34. The predicted octanol–water partition coefficient (Wildman–Crippen LogP) is 2.08. The van der Waals surface area contributed by atoms with Crippen LogP contribution >= 0.6 is 23.2 Å². The van der Waals surface area contributed by atoms with Gasteiger partial charge in [-0.2, -0.15) is 0 Å². The van der Waals surface area contributed by atoms with E-state index in [1.165, 1.54) is 0 Å². The van der Waals surface area contributed by atoms with Gasteiger partial charge in [0.05, 0.1) is 11.6 Å². The minimum Gasteiger partial charge on any atom is -0.314 e. The minimum absolute atomic E-state index is 0.0496. The summed E-state index contributed by atoms with van der Waals surface area (Å²) in [6, 6.07) is 4.99. The van der Waals surface area contributed by atoms with Gasteiger partial charge in [-0.25, -0.2) is 0 Å². The maximum absolute atomic E-state index is 12.1. The van der Waals surface area contributed by atoms with E-state index in [4.69, 9.17) is 23.2 Å². The molecule has 0 spiro atoms. The quantitative estimate of drug-likeness (QED) is 0.856. The number of carbonyl (C=O) groups is 1. The summed E-state index contributed by atoms with van der Waals surface area (Å²) in [6.07, 6.45) is 0. The summed E-state index contributed by atoms with van der Waals surface area (Å²) in [7, 11) is 0. The molecule has 17 heavy (non-hydrogen) atoms. The summed E-state index contributed by atoms with van der Waals surface area (Å²) in [6.45, 7) is 4.08. The molecule has 0 amide bonds. The third-order valence-corrected chi connectivity index (χ3v) is 3.36. The zero-order valence-electron chi connectivity index (χ0n) is 9.38. The van der Waals surface area contributed by atoms with E-state index in [2.05, 4.69) is 10.2 Å². The normalized spacial score (nSPS) is 17.1. The van der Waals surface area contributed by atoms with Crippen LogP contribution in [0, 0.1) is 0 Å². The van der Waals surface area contributed by atoms with Crippen LogP contribution in [0.2, 0.25) is 10.0 Å². The number of hydrogen-bond donors (Lipinski definition) is 1. The van der Waals surface area contributed by atoms with Crippen molar-refractivity contribution in [3.8, 4) is 0 Å². The van der Waals surface area contributed by atoms with Crippen LogP contribution in [-0.4, -0.2) is 43.4 Å². The first kappa shape index (κ1) is 12.8. The van der Waals surface area contributed by atoms with Crippen LogP contribution < -0.4 is 5.32 Å². The molecule has 1 N–H and O–H groups in total. The number of ketones is 1. The lowest BCUT2D eigenvalue weighted by atomic mass is 10.1. The van der Waals surface area contributed by atoms with Gasteiger partial charge in [0.15, 0.2) is 5.78 Å². The Morgan fingerprint density at radius 1 is 1.29 bits per heavy atom. The summed E-state index contributed by atoms with van der Waals surface area (Å²) in [5.41, 5.74) is 0.551. The van der Waals surface area contributed by atoms with Gasteiger partial charge in [-0.3, -0.25) is 9.69 Å². The molecule has 0 aromatic heterocycles. The second-order valence-electron chi connectivity index (χ2n) is 4.07. The van der Waals surface area contributed by atoms with Crippen LogP contribution in [0.1, 0.15) is 10.4 Å². The number of carbonyl (C=O) groups excluding carboxylic acids is 1. The van der Waals surface area contributed by atoms with E-state index in [1.54, 1.807) is 18.2 Å². The van der Waals surface area contributed by atoms with E-state index < -0.39 is 0 Å². The molecular formula is C12H14Cl2N2O. The summed E-state index contributed by atoms with van der Waals surface area (Å²) in [4.78, 5) is 14.2. The molecule has 92 valence electrons. The Kier molecular flexibility index (Phi) is 4.40. The van der Waals surface area contributed by atoms with Gasteiger partial charge in [-0.1, -0.05) is 23.2 Å². The van der Waals surface area contributed by atoms with Crippen LogP contribution in [0.25, 0.3) is 0 Å². The number of rotatable bonds is 3. The highest BCUT2D eigenvalue weighted by molar-refractivity contribution is 6.36. The number of hydrogen-bond acceptors (Lipinski definition) is 3. The molecular weight excluding hydrogens is 259 g/mol. The first-order valence-electron chi connectivity index (χ1n) is 5.58. The van der Waals surface area contributed by atoms with Crippen LogP contribution in [0.5, 0.6) is 0 Å². The monoisotopic (exact) mass is 272 g/mol. The van der Waals surface area contributed by atoms with Gasteiger partial charge in [0.2, 0.25) is 0 Å².